The van der Waals surface area contributed by atoms with Crippen molar-refractivity contribution in [2.75, 3.05) is 7.11 Å². The summed E-state index contributed by atoms with van der Waals surface area (Å²) in [5.41, 5.74) is 0.0245. The summed E-state index contributed by atoms with van der Waals surface area (Å²) in [6.45, 7) is 9.71. The highest BCUT2D eigenvalue weighted by molar-refractivity contribution is 5.90. The molecule has 0 radical (unpaired) electrons. The Morgan fingerprint density at radius 1 is 1.11 bits per heavy atom. The number of rotatable bonds is 6. The third-order valence-electron chi connectivity index (χ3n) is 2.84. The second-order valence-electron chi connectivity index (χ2n) is 6.82. The summed E-state index contributed by atoms with van der Waals surface area (Å²) < 4.78 is 20.5. The van der Waals surface area contributed by atoms with Gasteiger partial charge in [-0.1, -0.05) is 0 Å². The van der Waals surface area contributed by atoms with Gasteiger partial charge in [-0.15, -0.1) is 0 Å². The molecule has 152 valence electrons. The Morgan fingerprint density at radius 2 is 1.79 bits per heavy atom. The van der Waals surface area contributed by atoms with Crippen LogP contribution < -0.4 is 9.47 Å². The van der Waals surface area contributed by atoms with E-state index in [2.05, 4.69) is 14.7 Å². The average Bonchev–Trinajstić information content (AvgIpc) is 2.60. The number of carbonyl (C=O) groups is 2. The van der Waals surface area contributed by atoms with Crippen molar-refractivity contribution in [3.8, 4) is 17.4 Å². The second kappa shape index (κ2) is 10.9. The predicted molar refractivity (Wildman–Crippen MR) is 103 cm³/mol. The minimum absolute atomic E-state index is 0.0257. The number of carbonyl (C=O) groups excluding carboxylic acids is 2. The molecule has 28 heavy (non-hydrogen) atoms. The summed E-state index contributed by atoms with van der Waals surface area (Å²) >= 11 is 0. The molecule has 0 aliphatic carbocycles. The topological polar surface area (TPSA) is 96.8 Å². The minimum atomic E-state index is -0.465. The van der Waals surface area contributed by atoms with Gasteiger partial charge in [-0.25, -0.2) is 9.78 Å². The third kappa shape index (κ3) is 8.98. The number of hydrogen-bond acceptors (Lipinski definition) is 8. The van der Waals surface area contributed by atoms with Gasteiger partial charge in [0.15, 0.2) is 0 Å². The average molecular weight is 390 g/mol. The first-order valence-electron chi connectivity index (χ1n) is 8.60. The zero-order chi connectivity index (χ0) is 21.2. The van der Waals surface area contributed by atoms with E-state index in [0.717, 1.165) is 0 Å². The van der Waals surface area contributed by atoms with Gasteiger partial charge in [-0.2, -0.15) is 0 Å². The van der Waals surface area contributed by atoms with Crippen LogP contribution in [0.15, 0.2) is 36.8 Å². The van der Waals surface area contributed by atoms with Crippen LogP contribution in [0.25, 0.3) is 0 Å². The largest absolute Gasteiger partial charge is 0.491 e. The highest BCUT2D eigenvalue weighted by atomic mass is 16.5. The monoisotopic (exact) mass is 390 g/mol. The Bertz CT molecular complexity index is 757. The van der Waals surface area contributed by atoms with Gasteiger partial charge in [0.25, 0.3) is 6.47 Å². The van der Waals surface area contributed by atoms with E-state index in [4.69, 9.17) is 14.2 Å². The highest BCUT2D eigenvalue weighted by Crippen LogP contribution is 2.27. The van der Waals surface area contributed by atoms with Crippen LogP contribution in [-0.2, 0) is 14.3 Å². The maximum absolute atomic E-state index is 11.7. The van der Waals surface area contributed by atoms with Crippen LogP contribution in [0.1, 0.15) is 45.0 Å². The number of methoxy groups -OCH3 is 1. The summed E-state index contributed by atoms with van der Waals surface area (Å²) in [6, 6.07) is 4.85. The molecule has 8 nitrogen and oxygen atoms in total. The van der Waals surface area contributed by atoms with Crippen LogP contribution in [0.2, 0.25) is 0 Å². The van der Waals surface area contributed by atoms with Crippen molar-refractivity contribution in [2.24, 2.45) is 0 Å². The molecule has 1 heterocycles. The van der Waals surface area contributed by atoms with Gasteiger partial charge in [-0.3, -0.25) is 9.78 Å². The van der Waals surface area contributed by atoms with Crippen molar-refractivity contribution in [1.82, 2.24) is 9.97 Å². The number of esters is 1. The van der Waals surface area contributed by atoms with Crippen molar-refractivity contribution in [2.45, 2.75) is 46.3 Å². The fraction of sp³-hybridized carbons (Fsp3) is 0.400. The smallest absolute Gasteiger partial charge is 0.338 e. The zero-order valence-electron chi connectivity index (χ0n) is 17.0. The number of nitrogens with zero attached hydrogens (tertiary/aromatic N) is 2. The summed E-state index contributed by atoms with van der Waals surface area (Å²) in [5, 5.41) is 0. The lowest BCUT2D eigenvalue weighted by molar-refractivity contribution is -0.138. The van der Waals surface area contributed by atoms with Crippen LogP contribution in [0.3, 0.4) is 0 Å². The molecular weight excluding hydrogens is 364 g/mol. The van der Waals surface area contributed by atoms with E-state index < -0.39 is 5.97 Å². The van der Waals surface area contributed by atoms with Gasteiger partial charge in [-0.05, 0) is 46.8 Å². The summed E-state index contributed by atoms with van der Waals surface area (Å²) in [5.74, 6) is 0.809. The molecule has 0 N–H and O–H groups in total. The van der Waals surface area contributed by atoms with Crippen LogP contribution in [0.5, 0.6) is 17.4 Å². The Balaban J connectivity index is 0.000000480. The second-order valence-corrected chi connectivity index (χ2v) is 6.82. The van der Waals surface area contributed by atoms with Crippen LogP contribution in [-0.4, -0.2) is 41.2 Å². The first-order chi connectivity index (χ1) is 13.1. The molecule has 2 rings (SSSR count). The van der Waals surface area contributed by atoms with Crippen molar-refractivity contribution in [1.29, 1.82) is 0 Å². The third-order valence-corrected chi connectivity index (χ3v) is 2.84. The predicted octanol–water partition coefficient (Wildman–Crippen LogP) is 3.80. The molecule has 0 aliphatic heterocycles. The fourth-order valence-corrected chi connectivity index (χ4v) is 1.81. The van der Waals surface area contributed by atoms with Crippen LogP contribution in [0.4, 0.5) is 0 Å². The molecule has 0 amide bonds. The Labute approximate surface area is 164 Å². The van der Waals surface area contributed by atoms with Gasteiger partial charge in [0, 0.05) is 18.5 Å². The highest BCUT2D eigenvalue weighted by Gasteiger charge is 2.12. The van der Waals surface area contributed by atoms with Crippen LogP contribution >= 0.6 is 0 Å². The molecule has 0 aliphatic rings. The van der Waals surface area contributed by atoms with Crippen molar-refractivity contribution < 1.29 is 28.5 Å². The van der Waals surface area contributed by atoms with E-state index in [0.29, 0.717) is 29.4 Å². The summed E-state index contributed by atoms with van der Waals surface area (Å²) in [4.78, 5) is 29.2. The lowest BCUT2D eigenvalue weighted by Crippen LogP contribution is -2.17. The van der Waals surface area contributed by atoms with Crippen molar-refractivity contribution in [3.63, 3.8) is 0 Å². The fourth-order valence-electron chi connectivity index (χ4n) is 1.81. The van der Waals surface area contributed by atoms with Crippen molar-refractivity contribution in [3.05, 3.63) is 42.4 Å². The molecule has 0 saturated heterocycles. The molecular formula is C20H26N2O6. The van der Waals surface area contributed by atoms with E-state index in [1.807, 2.05) is 34.6 Å². The zero-order valence-corrected chi connectivity index (χ0v) is 17.0. The van der Waals surface area contributed by atoms with E-state index in [9.17, 15) is 9.59 Å². The molecule has 8 heteroatoms. The van der Waals surface area contributed by atoms with Gasteiger partial charge in [0.1, 0.15) is 17.1 Å². The first kappa shape index (κ1) is 22.9. The lowest BCUT2D eigenvalue weighted by Gasteiger charge is -2.14. The summed E-state index contributed by atoms with van der Waals surface area (Å²) in [7, 11) is 1.32. The molecule has 0 atom stereocenters. The normalized spacial score (nSPS) is 10.4. The maximum atomic E-state index is 11.7. The molecule has 0 fully saturated rings. The van der Waals surface area contributed by atoms with E-state index in [1.165, 1.54) is 19.5 Å². The van der Waals surface area contributed by atoms with Crippen LogP contribution in [0, 0.1) is 0 Å². The maximum Gasteiger partial charge on any atom is 0.338 e. The molecule has 0 unspecified atom stereocenters. The molecule has 1 aromatic heterocycles. The Hall–Kier alpha value is -3.16. The quantitative estimate of drug-likeness (QED) is 0.543. The lowest BCUT2D eigenvalue weighted by atomic mass is 10.2. The number of hydrogen-bond donors (Lipinski definition) is 0. The van der Waals surface area contributed by atoms with Gasteiger partial charge >= 0.3 is 5.97 Å². The standard InChI is InChI=1S/C15H16N2O4.C5H10O2/c1-10(2)20-12-6-11(15(18)19-3)7-13(8-12)21-14-9-16-4-5-17-14;1-5(2,3)7-4-6/h4-10H,1-3H3;4H,1-3H3. The SMILES string of the molecule is CC(C)(C)OC=O.COC(=O)c1cc(Oc2cnccn2)cc(OC(C)C)c1. The number of aromatic nitrogens is 2. The molecule has 1 aromatic carbocycles. The van der Waals surface area contributed by atoms with Gasteiger partial charge in [0.2, 0.25) is 5.88 Å². The minimum Gasteiger partial charge on any atom is -0.491 e. The van der Waals surface area contributed by atoms with E-state index in [-0.39, 0.29) is 11.7 Å². The molecule has 2 aromatic rings. The molecule has 0 saturated carbocycles. The van der Waals surface area contributed by atoms with E-state index in [1.54, 1.807) is 24.4 Å². The summed E-state index contributed by atoms with van der Waals surface area (Å²) in [6.07, 6.45) is 4.52. The molecule has 0 bridgehead atoms. The number of ether oxygens (including phenoxy) is 4. The molecule has 0 spiro atoms. The Morgan fingerprint density at radius 3 is 2.25 bits per heavy atom. The van der Waals surface area contributed by atoms with Gasteiger partial charge in [0.05, 0.1) is 25.0 Å². The van der Waals surface area contributed by atoms with E-state index >= 15 is 0 Å². The number of benzene rings is 1. The Kier molecular flexibility index (Phi) is 8.87. The van der Waals surface area contributed by atoms with Crippen molar-refractivity contribution >= 4 is 12.4 Å². The van der Waals surface area contributed by atoms with Gasteiger partial charge < -0.3 is 18.9 Å². The first-order valence-corrected chi connectivity index (χ1v) is 8.60.